The monoisotopic (exact) mass is 676 g/mol. The van der Waals surface area contributed by atoms with Gasteiger partial charge in [-0.1, -0.05) is 108 Å². The molecule has 2 heterocycles. The van der Waals surface area contributed by atoms with Crippen LogP contribution in [0.15, 0.2) is 126 Å². The van der Waals surface area contributed by atoms with Gasteiger partial charge >= 0.3 is 5.51 Å². The maximum absolute atomic E-state index is 14.4. The maximum Gasteiger partial charge on any atom is 0.446 e. The van der Waals surface area contributed by atoms with Crippen molar-refractivity contribution in [1.82, 2.24) is 0 Å². The Hall–Kier alpha value is -5.14. The SMILES string of the molecule is Cc1ccc2c3c(ccc2c1)B1c2ccc4cc(C)ccc4c2N(c2ccccc2C)c2cc(SC(F)(F)F)cc(c21)N3c1ccccc1C. The molecule has 244 valence electrons. The van der Waals surface area contributed by atoms with Gasteiger partial charge in [-0.25, -0.2) is 0 Å². The van der Waals surface area contributed by atoms with Crippen molar-refractivity contribution in [2.24, 2.45) is 0 Å². The minimum atomic E-state index is -4.46. The molecular formula is C43H32BF3N2S. The number of hydrogen-bond acceptors (Lipinski definition) is 3. The molecule has 2 aliphatic rings. The van der Waals surface area contributed by atoms with E-state index in [1.54, 1.807) is 12.1 Å². The number of aryl methyl sites for hydroxylation is 4. The number of anilines is 6. The van der Waals surface area contributed by atoms with E-state index in [1.807, 2.05) is 24.3 Å². The Morgan fingerprint density at radius 2 is 0.980 bits per heavy atom. The topological polar surface area (TPSA) is 6.48 Å². The quantitative estimate of drug-likeness (QED) is 0.136. The minimum Gasteiger partial charge on any atom is -0.311 e. The first-order valence-corrected chi connectivity index (χ1v) is 17.6. The van der Waals surface area contributed by atoms with Crippen LogP contribution >= 0.6 is 11.8 Å². The van der Waals surface area contributed by atoms with Gasteiger partial charge in [-0.3, -0.25) is 0 Å². The van der Waals surface area contributed by atoms with Crippen LogP contribution in [0.3, 0.4) is 0 Å². The predicted molar refractivity (Wildman–Crippen MR) is 206 cm³/mol. The van der Waals surface area contributed by atoms with Crippen molar-refractivity contribution in [3.63, 3.8) is 0 Å². The molecule has 0 aromatic heterocycles. The van der Waals surface area contributed by atoms with Crippen molar-refractivity contribution in [3.05, 3.63) is 144 Å². The summed E-state index contributed by atoms with van der Waals surface area (Å²) in [7, 11) is 0. The Morgan fingerprint density at radius 1 is 0.520 bits per heavy atom. The van der Waals surface area contributed by atoms with Crippen LogP contribution in [0.1, 0.15) is 22.3 Å². The highest BCUT2D eigenvalue weighted by Crippen LogP contribution is 2.51. The van der Waals surface area contributed by atoms with E-state index in [9.17, 15) is 13.2 Å². The second kappa shape index (κ2) is 11.2. The minimum absolute atomic E-state index is 0.0483. The van der Waals surface area contributed by atoms with Crippen LogP contribution < -0.4 is 26.2 Å². The van der Waals surface area contributed by atoms with Gasteiger partial charge in [0, 0.05) is 49.8 Å². The van der Waals surface area contributed by atoms with Gasteiger partial charge in [0.2, 0.25) is 0 Å². The van der Waals surface area contributed by atoms with Crippen LogP contribution in [0.25, 0.3) is 21.5 Å². The van der Waals surface area contributed by atoms with Crippen molar-refractivity contribution in [3.8, 4) is 0 Å². The number of halogens is 3. The van der Waals surface area contributed by atoms with Gasteiger partial charge in [0.05, 0.1) is 0 Å². The molecule has 0 saturated heterocycles. The van der Waals surface area contributed by atoms with E-state index >= 15 is 0 Å². The van der Waals surface area contributed by atoms with Gasteiger partial charge < -0.3 is 9.80 Å². The summed E-state index contributed by atoms with van der Waals surface area (Å²) in [5, 5.41) is 4.32. The predicted octanol–water partition coefficient (Wildman–Crippen LogP) is 10.9. The largest absolute Gasteiger partial charge is 0.446 e. The molecule has 0 bridgehead atoms. The number of hydrogen-bond donors (Lipinski definition) is 0. The Morgan fingerprint density at radius 3 is 1.42 bits per heavy atom. The molecule has 0 radical (unpaired) electrons. The lowest BCUT2D eigenvalue weighted by Gasteiger charge is -2.45. The zero-order valence-electron chi connectivity index (χ0n) is 28.1. The van der Waals surface area contributed by atoms with Crippen molar-refractivity contribution in [2.45, 2.75) is 38.1 Å². The van der Waals surface area contributed by atoms with Crippen molar-refractivity contribution < 1.29 is 13.2 Å². The maximum atomic E-state index is 14.4. The normalized spacial score (nSPS) is 13.5. The highest BCUT2D eigenvalue weighted by atomic mass is 32.2. The van der Waals surface area contributed by atoms with Crippen LogP contribution in [-0.4, -0.2) is 12.2 Å². The van der Waals surface area contributed by atoms with Gasteiger partial charge in [-0.15, -0.1) is 0 Å². The molecule has 0 unspecified atom stereocenters. The summed E-state index contributed by atoms with van der Waals surface area (Å²) < 4.78 is 43.1. The van der Waals surface area contributed by atoms with Gasteiger partial charge in [-0.2, -0.15) is 13.2 Å². The van der Waals surface area contributed by atoms with E-state index in [1.165, 1.54) is 0 Å². The van der Waals surface area contributed by atoms with Crippen LogP contribution in [0, 0.1) is 27.7 Å². The molecule has 9 rings (SSSR count). The summed E-state index contributed by atoms with van der Waals surface area (Å²) in [6.45, 7) is 8.10. The average Bonchev–Trinajstić information content (AvgIpc) is 3.08. The molecular weight excluding hydrogens is 644 g/mol. The number of rotatable bonds is 3. The van der Waals surface area contributed by atoms with E-state index in [0.29, 0.717) is 0 Å². The highest BCUT2D eigenvalue weighted by Gasteiger charge is 2.45. The number of fused-ring (bicyclic) bond motifs is 8. The van der Waals surface area contributed by atoms with E-state index < -0.39 is 5.51 Å². The van der Waals surface area contributed by atoms with Crippen molar-refractivity contribution >= 4 is 90.5 Å². The van der Waals surface area contributed by atoms with Gasteiger partial charge in [0.15, 0.2) is 0 Å². The lowest BCUT2D eigenvalue weighted by atomic mass is 9.33. The number of benzene rings is 7. The average molecular weight is 677 g/mol. The summed E-state index contributed by atoms with van der Waals surface area (Å²) in [4.78, 5) is 4.61. The zero-order chi connectivity index (χ0) is 34.5. The summed E-state index contributed by atoms with van der Waals surface area (Å²) in [5.74, 6) is 0. The first-order valence-electron chi connectivity index (χ1n) is 16.8. The summed E-state index contributed by atoms with van der Waals surface area (Å²) in [6, 6.07) is 41.7. The summed E-state index contributed by atoms with van der Waals surface area (Å²) in [6.07, 6.45) is 0. The van der Waals surface area contributed by atoms with Gasteiger partial charge in [0.1, 0.15) is 0 Å². The first-order chi connectivity index (χ1) is 24.1. The van der Waals surface area contributed by atoms with E-state index in [4.69, 9.17) is 0 Å². The number of para-hydroxylation sites is 2. The molecule has 50 heavy (non-hydrogen) atoms. The number of alkyl halides is 3. The van der Waals surface area contributed by atoms with Crippen LogP contribution in [-0.2, 0) is 0 Å². The second-order valence-corrected chi connectivity index (χ2v) is 14.7. The third-order valence-electron chi connectivity index (χ3n) is 10.3. The second-order valence-electron chi connectivity index (χ2n) is 13.6. The smallest absolute Gasteiger partial charge is 0.311 e. The molecule has 2 nitrogen and oxygen atoms in total. The van der Waals surface area contributed by atoms with Gasteiger partial charge in [-0.05, 0) is 102 Å². The molecule has 0 amide bonds. The van der Waals surface area contributed by atoms with Gasteiger partial charge in [0.25, 0.3) is 6.71 Å². The molecule has 7 aromatic carbocycles. The van der Waals surface area contributed by atoms with Crippen molar-refractivity contribution in [1.29, 1.82) is 0 Å². The first kappa shape index (κ1) is 30.9. The highest BCUT2D eigenvalue weighted by molar-refractivity contribution is 8.00. The Balaban J connectivity index is 1.48. The fourth-order valence-electron chi connectivity index (χ4n) is 8.17. The fraction of sp³-hybridized carbons (Fsp3) is 0.116. The van der Waals surface area contributed by atoms with Crippen molar-refractivity contribution in [2.75, 3.05) is 9.80 Å². The van der Waals surface area contributed by atoms with Crippen LogP contribution in [0.4, 0.5) is 47.3 Å². The Kier molecular flexibility index (Phi) is 6.91. The lowest BCUT2D eigenvalue weighted by Crippen LogP contribution is -2.61. The molecule has 0 atom stereocenters. The van der Waals surface area contributed by atoms with Crippen LogP contribution in [0.5, 0.6) is 0 Å². The molecule has 0 spiro atoms. The zero-order valence-corrected chi connectivity index (χ0v) is 28.9. The molecule has 0 saturated carbocycles. The van der Waals surface area contributed by atoms with E-state index in [-0.39, 0.29) is 23.4 Å². The van der Waals surface area contributed by atoms with E-state index in [0.717, 1.165) is 94.3 Å². The number of thioether (sulfide) groups is 1. The summed E-state index contributed by atoms with van der Waals surface area (Å²) in [5.41, 5.74) is 8.62. The fourth-order valence-corrected chi connectivity index (χ4v) is 8.78. The van der Waals surface area contributed by atoms with Crippen LogP contribution in [0.2, 0.25) is 0 Å². The Bertz CT molecular complexity index is 2380. The standard InChI is InChI=1S/C43H32BF3N2S/c1-25-13-17-32-29(21-25)15-19-34-41(32)48(36-11-7-5-9-27(36)3)38-23-31(50-43(45,46)47)24-39-40(38)44(34)35-20-16-30-22-26(2)14-18-33(30)42(35)49(39)37-12-8-6-10-28(37)4/h5-24H,1-4H3. The molecule has 7 aromatic rings. The third kappa shape index (κ3) is 4.74. The Labute approximate surface area is 294 Å². The molecule has 0 aliphatic carbocycles. The van der Waals surface area contributed by atoms with E-state index in [2.05, 4.69) is 122 Å². The third-order valence-corrected chi connectivity index (χ3v) is 11.0. The lowest BCUT2D eigenvalue weighted by molar-refractivity contribution is -0.0328. The molecule has 2 aliphatic heterocycles. The number of nitrogens with zero attached hydrogens (tertiary/aromatic N) is 2. The summed E-state index contributed by atoms with van der Waals surface area (Å²) >= 11 is -0.0483. The molecule has 7 heteroatoms. The molecule has 0 fully saturated rings. The molecule has 0 N–H and O–H groups in total.